The first-order chi connectivity index (χ1) is 12.2. The van der Waals surface area contributed by atoms with Gasteiger partial charge >= 0.3 is 0 Å². The summed E-state index contributed by atoms with van der Waals surface area (Å²) in [5, 5.41) is 3.39. The average molecular weight is 341 g/mol. The summed E-state index contributed by atoms with van der Waals surface area (Å²) in [6, 6.07) is 14.4. The van der Waals surface area contributed by atoms with Crippen LogP contribution in [0.1, 0.15) is 43.7 Å². The van der Waals surface area contributed by atoms with E-state index in [9.17, 15) is 0 Å². The van der Waals surface area contributed by atoms with Crippen LogP contribution in [0, 0.1) is 13.8 Å². The van der Waals surface area contributed by atoms with Gasteiger partial charge in [-0.3, -0.25) is 0 Å². The Morgan fingerprint density at radius 3 is 2.56 bits per heavy atom. The van der Waals surface area contributed by atoms with Crippen molar-refractivity contribution in [3.05, 3.63) is 53.6 Å². The molecule has 0 aliphatic heterocycles. The van der Waals surface area contributed by atoms with Gasteiger partial charge in [-0.15, -0.1) is 0 Å². The summed E-state index contributed by atoms with van der Waals surface area (Å²) >= 11 is 0. The highest BCUT2D eigenvalue weighted by molar-refractivity contribution is 5.48. The summed E-state index contributed by atoms with van der Waals surface area (Å²) in [5.41, 5.74) is 3.50. The quantitative estimate of drug-likeness (QED) is 0.528. The highest BCUT2D eigenvalue weighted by Crippen LogP contribution is 2.19. The van der Waals surface area contributed by atoms with Crippen LogP contribution in [0.4, 0.5) is 5.69 Å². The van der Waals surface area contributed by atoms with Crippen LogP contribution in [-0.4, -0.2) is 19.8 Å². The largest absolute Gasteiger partial charge is 0.494 e. The number of ether oxygens (including phenoxy) is 2. The van der Waals surface area contributed by atoms with Gasteiger partial charge in [0.25, 0.3) is 0 Å². The Morgan fingerprint density at radius 1 is 0.880 bits per heavy atom. The van der Waals surface area contributed by atoms with E-state index in [1.165, 1.54) is 30.4 Å². The van der Waals surface area contributed by atoms with Gasteiger partial charge in [-0.05, 0) is 44.0 Å². The number of nitrogens with one attached hydrogen (secondary N) is 1. The predicted octanol–water partition coefficient (Wildman–Crippen LogP) is 5.75. The van der Waals surface area contributed by atoms with E-state index in [4.69, 9.17) is 9.47 Å². The SMILES string of the molecule is CCCCCCOc1cccc(NCCOc2ccc(C)cc2C)c1. The minimum atomic E-state index is 0.631. The number of unbranched alkanes of at least 4 members (excludes halogenated alkanes) is 3. The van der Waals surface area contributed by atoms with E-state index in [1.54, 1.807) is 0 Å². The third kappa shape index (κ3) is 7.08. The summed E-state index contributed by atoms with van der Waals surface area (Å²) in [6.07, 6.45) is 4.90. The van der Waals surface area contributed by atoms with Crippen LogP contribution < -0.4 is 14.8 Å². The maximum absolute atomic E-state index is 5.85. The standard InChI is InChI=1S/C22H31NO2/c1-4-5-6-7-14-24-21-10-8-9-20(17-21)23-13-15-25-22-12-11-18(2)16-19(22)3/h8-12,16-17,23H,4-7,13-15H2,1-3H3. The number of hydrogen-bond donors (Lipinski definition) is 1. The number of anilines is 1. The Labute approximate surface area is 152 Å². The summed E-state index contributed by atoms with van der Waals surface area (Å²) in [4.78, 5) is 0. The molecule has 0 saturated carbocycles. The average Bonchev–Trinajstić information content (AvgIpc) is 2.60. The molecule has 0 amide bonds. The second-order valence-electron chi connectivity index (χ2n) is 6.48. The monoisotopic (exact) mass is 341 g/mol. The van der Waals surface area contributed by atoms with Gasteiger partial charge in [0.15, 0.2) is 0 Å². The molecule has 0 atom stereocenters. The van der Waals surface area contributed by atoms with E-state index < -0.39 is 0 Å². The van der Waals surface area contributed by atoms with E-state index in [0.717, 1.165) is 36.8 Å². The minimum absolute atomic E-state index is 0.631. The molecule has 0 aromatic heterocycles. The zero-order valence-electron chi connectivity index (χ0n) is 15.8. The highest BCUT2D eigenvalue weighted by Gasteiger charge is 2.00. The molecule has 2 rings (SSSR count). The van der Waals surface area contributed by atoms with Crippen molar-refractivity contribution in [3.63, 3.8) is 0 Å². The van der Waals surface area contributed by atoms with Crippen molar-refractivity contribution in [1.82, 2.24) is 0 Å². The lowest BCUT2D eigenvalue weighted by molar-refractivity contribution is 0.305. The Morgan fingerprint density at radius 2 is 1.76 bits per heavy atom. The van der Waals surface area contributed by atoms with E-state index >= 15 is 0 Å². The zero-order chi connectivity index (χ0) is 17.9. The lowest BCUT2D eigenvalue weighted by Crippen LogP contribution is -2.12. The summed E-state index contributed by atoms with van der Waals surface area (Å²) in [5.74, 6) is 1.88. The lowest BCUT2D eigenvalue weighted by atomic mass is 10.1. The van der Waals surface area contributed by atoms with Crippen molar-refractivity contribution in [1.29, 1.82) is 0 Å². The molecule has 3 nitrogen and oxygen atoms in total. The van der Waals surface area contributed by atoms with E-state index in [1.807, 2.05) is 18.2 Å². The molecule has 2 aromatic carbocycles. The first-order valence-electron chi connectivity index (χ1n) is 9.36. The van der Waals surface area contributed by atoms with Crippen LogP contribution in [0.2, 0.25) is 0 Å². The Kier molecular flexibility index (Phi) is 8.17. The van der Waals surface area contributed by atoms with Crippen molar-refractivity contribution in [2.24, 2.45) is 0 Å². The highest BCUT2D eigenvalue weighted by atomic mass is 16.5. The zero-order valence-corrected chi connectivity index (χ0v) is 15.8. The molecule has 1 N–H and O–H groups in total. The topological polar surface area (TPSA) is 30.5 Å². The van der Waals surface area contributed by atoms with E-state index in [0.29, 0.717) is 6.61 Å². The van der Waals surface area contributed by atoms with Crippen LogP contribution in [-0.2, 0) is 0 Å². The first-order valence-corrected chi connectivity index (χ1v) is 9.36. The maximum atomic E-state index is 5.85. The van der Waals surface area contributed by atoms with Crippen molar-refractivity contribution in [2.75, 3.05) is 25.1 Å². The molecule has 0 unspecified atom stereocenters. The Balaban J connectivity index is 1.70. The number of rotatable bonds is 11. The van der Waals surface area contributed by atoms with Gasteiger partial charge in [0, 0.05) is 18.3 Å². The van der Waals surface area contributed by atoms with E-state index in [-0.39, 0.29) is 0 Å². The van der Waals surface area contributed by atoms with Gasteiger partial charge < -0.3 is 14.8 Å². The third-order valence-electron chi connectivity index (χ3n) is 4.12. The lowest BCUT2D eigenvalue weighted by Gasteiger charge is -2.12. The number of aryl methyl sites for hydroxylation is 2. The van der Waals surface area contributed by atoms with Gasteiger partial charge in [0.05, 0.1) is 6.61 Å². The van der Waals surface area contributed by atoms with Crippen molar-refractivity contribution < 1.29 is 9.47 Å². The van der Waals surface area contributed by atoms with Crippen molar-refractivity contribution in [2.45, 2.75) is 46.5 Å². The van der Waals surface area contributed by atoms with Crippen LogP contribution in [0.25, 0.3) is 0 Å². The maximum Gasteiger partial charge on any atom is 0.122 e. The van der Waals surface area contributed by atoms with E-state index in [2.05, 4.69) is 50.4 Å². The second-order valence-corrected chi connectivity index (χ2v) is 6.48. The Hall–Kier alpha value is -2.16. The molecule has 0 saturated heterocycles. The summed E-state index contributed by atoms with van der Waals surface area (Å²) < 4.78 is 11.7. The fourth-order valence-electron chi connectivity index (χ4n) is 2.73. The van der Waals surface area contributed by atoms with Gasteiger partial charge in [-0.1, -0.05) is 49.9 Å². The Bertz CT molecular complexity index is 640. The molecule has 25 heavy (non-hydrogen) atoms. The number of hydrogen-bond acceptors (Lipinski definition) is 3. The molecule has 2 aromatic rings. The molecule has 0 fully saturated rings. The molecule has 0 heterocycles. The molecule has 0 spiro atoms. The summed E-state index contributed by atoms with van der Waals surface area (Å²) in [7, 11) is 0. The molecule has 136 valence electrons. The summed E-state index contributed by atoms with van der Waals surface area (Å²) in [6.45, 7) is 8.58. The van der Waals surface area contributed by atoms with Crippen LogP contribution in [0.3, 0.4) is 0 Å². The van der Waals surface area contributed by atoms with Crippen LogP contribution in [0.15, 0.2) is 42.5 Å². The molecule has 0 aliphatic rings. The first kappa shape index (κ1) is 19.2. The molecule has 0 radical (unpaired) electrons. The molecule has 0 bridgehead atoms. The number of benzene rings is 2. The van der Waals surface area contributed by atoms with Gasteiger partial charge in [-0.25, -0.2) is 0 Å². The minimum Gasteiger partial charge on any atom is -0.494 e. The second kappa shape index (κ2) is 10.7. The molecule has 3 heteroatoms. The van der Waals surface area contributed by atoms with Gasteiger partial charge in [0.2, 0.25) is 0 Å². The van der Waals surface area contributed by atoms with Crippen LogP contribution in [0.5, 0.6) is 11.5 Å². The fraction of sp³-hybridized carbons (Fsp3) is 0.455. The molecule has 0 aliphatic carbocycles. The normalized spacial score (nSPS) is 10.5. The fourth-order valence-corrected chi connectivity index (χ4v) is 2.73. The van der Waals surface area contributed by atoms with Gasteiger partial charge in [-0.2, -0.15) is 0 Å². The van der Waals surface area contributed by atoms with Crippen molar-refractivity contribution in [3.8, 4) is 11.5 Å². The smallest absolute Gasteiger partial charge is 0.122 e. The molecular weight excluding hydrogens is 310 g/mol. The van der Waals surface area contributed by atoms with Crippen molar-refractivity contribution >= 4 is 5.69 Å². The predicted molar refractivity (Wildman–Crippen MR) is 106 cm³/mol. The van der Waals surface area contributed by atoms with Gasteiger partial charge in [0.1, 0.15) is 18.1 Å². The van der Waals surface area contributed by atoms with Crippen LogP contribution >= 0.6 is 0 Å². The molecular formula is C22H31NO2. The third-order valence-corrected chi connectivity index (χ3v) is 4.12.